The molecule has 0 spiro atoms. The summed E-state index contributed by atoms with van der Waals surface area (Å²) in [5.74, 6) is 0. The lowest BCUT2D eigenvalue weighted by atomic mass is 9.73. The molecule has 0 heterocycles. The molecule has 2 atom stereocenters. The molecule has 1 aliphatic rings. The van der Waals surface area contributed by atoms with Crippen molar-refractivity contribution in [3.8, 4) is 12.1 Å². The summed E-state index contributed by atoms with van der Waals surface area (Å²) >= 11 is 0. The average Bonchev–Trinajstić information content (AvgIpc) is 2.68. The van der Waals surface area contributed by atoms with Crippen LogP contribution in [-0.4, -0.2) is 21.9 Å². The highest BCUT2D eigenvalue weighted by atomic mass is 16.6. The van der Waals surface area contributed by atoms with E-state index in [0.29, 0.717) is 12.8 Å². The number of rotatable bonds is 4. The Morgan fingerprint density at radius 1 is 1.00 bits per heavy atom. The van der Waals surface area contributed by atoms with Gasteiger partial charge in [-0.3, -0.25) is 20.2 Å². The standard InChI is InChI=1S/C9H10N4O4/c10-5-7(12(14)15)9(3-1-2-4-9)8(6-11)13(16)17/h7-8H,1-4H2/t7-,8-/m1/s1. The van der Waals surface area contributed by atoms with Crippen LogP contribution in [0.1, 0.15) is 25.7 Å². The van der Waals surface area contributed by atoms with E-state index in [-0.39, 0.29) is 12.8 Å². The summed E-state index contributed by atoms with van der Waals surface area (Å²) in [6, 6.07) is -0.390. The normalized spacial score (nSPS) is 20.8. The molecule has 0 saturated heterocycles. The maximum absolute atomic E-state index is 10.8. The summed E-state index contributed by atoms with van der Waals surface area (Å²) < 4.78 is 0. The number of nitriles is 2. The van der Waals surface area contributed by atoms with E-state index in [1.807, 2.05) is 0 Å². The number of hydrogen-bond acceptors (Lipinski definition) is 6. The van der Waals surface area contributed by atoms with Crippen LogP contribution in [0.15, 0.2) is 0 Å². The Labute approximate surface area is 96.7 Å². The summed E-state index contributed by atoms with van der Waals surface area (Å²) in [5.41, 5.74) is -1.45. The average molecular weight is 238 g/mol. The Balaban J connectivity index is 3.23. The van der Waals surface area contributed by atoms with Crippen LogP contribution in [0.4, 0.5) is 0 Å². The van der Waals surface area contributed by atoms with Gasteiger partial charge >= 0.3 is 12.1 Å². The first kappa shape index (κ1) is 12.8. The molecule has 1 fully saturated rings. The third-order valence-electron chi connectivity index (χ3n) is 3.29. The molecule has 17 heavy (non-hydrogen) atoms. The zero-order chi connectivity index (χ0) is 13.1. The van der Waals surface area contributed by atoms with Crippen molar-refractivity contribution >= 4 is 0 Å². The van der Waals surface area contributed by atoms with Gasteiger partial charge < -0.3 is 0 Å². The highest BCUT2D eigenvalue weighted by Gasteiger charge is 2.60. The molecule has 0 radical (unpaired) electrons. The van der Waals surface area contributed by atoms with Crippen molar-refractivity contribution in [1.82, 2.24) is 0 Å². The van der Waals surface area contributed by atoms with Gasteiger partial charge in [0.15, 0.2) is 0 Å². The SMILES string of the molecule is N#C[C@@H]([N+](=O)[O-])C1([C@@H](C#N)[N+](=O)[O-])CCCC1. The first-order chi connectivity index (χ1) is 7.99. The molecular formula is C9H10N4O4. The first-order valence-corrected chi connectivity index (χ1v) is 5.06. The van der Waals surface area contributed by atoms with E-state index in [1.165, 1.54) is 12.1 Å². The van der Waals surface area contributed by atoms with E-state index < -0.39 is 27.3 Å². The van der Waals surface area contributed by atoms with Crippen molar-refractivity contribution in [3.63, 3.8) is 0 Å². The molecule has 0 unspecified atom stereocenters. The van der Waals surface area contributed by atoms with Gasteiger partial charge in [-0.15, -0.1) is 0 Å². The minimum absolute atomic E-state index is 0.172. The predicted molar refractivity (Wildman–Crippen MR) is 53.7 cm³/mol. The second-order valence-corrected chi connectivity index (χ2v) is 4.07. The summed E-state index contributed by atoms with van der Waals surface area (Å²) in [7, 11) is 0. The molecule has 0 aromatic heterocycles. The predicted octanol–water partition coefficient (Wildman–Crippen LogP) is 0.885. The van der Waals surface area contributed by atoms with Gasteiger partial charge in [-0.05, 0) is 12.8 Å². The quantitative estimate of drug-likeness (QED) is 0.527. The molecule has 0 aromatic carbocycles. The molecule has 0 aliphatic heterocycles. The first-order valence-electron chi connectivity index (χ1n) is 5.06. The molecule has 8 nitrogen and oxygen atoms in total. The van der Waals surface area contributed by atoms with Gasteiger partial charge in [0.25, 0.3) is 0 Å². The lowest BCUT2D eigenvalue weighted by molar-refractivity contribution is -0.573. The summed E-state index contributed by atoms with van der Waals surface area (Å²) in [4.78, 5) is 20.0. The van der Waals surface area contributed by atoms with Crippen LogP contribution in [0.2, 0.25) is 0 Å². The van der Waals surface area contributed by atoms with Gasteiger partial charge in [0.1, 0.15) is 17.6 Å². The largest absolute Gasteiger partial charge is 0.309 e. The number of nitro groups is 2. The molecule has 0 bridgehead atoms. The van der Waals surface area contributed by atoms with E-state index in [1.54, 1.807) is 0 Å². The zero-order valence-corrected chi connectivity index (χ0v) is 8.90. The fraction of sp³-hybridized carbons (Fsp3) is 0.778. The highest BCUT2D eigenvalue weighted by molar-refractivity contribution is 5.10. The van der Waals surface area contributed by atoms with Crippen LogP contribution in [-0.2, 0) is 0 Å². The van der Waals surface area contributed by atoms with Crippen molar-refractivity contribution in [2.75, 3.05) is 0 Å². The minimum atomic E-state index is -1.69. The molecule has 1 saturated carbocycles. The van der Waals surface area contributed by atoms with E-state index in [4.69, 9.17) is 10.5 Å². The van der Waals surface area contributed by atoms with E-state index >= 15 is 0 Å². The van der Waals surface area contributed by atoms with Gasteiger partial charge in [0.05, 0.1) is 0 Å². The Morgan fingerprint density at radius 3 is 1.59 bits per heavy atom. The highest BCUT2D eigenvalue weighted by Crippen LogP contribution is 2.45. The van der Waals surface area contributed by atoms with Gasteiger partial charge in [0, 0.05) is 9.85 Å². The lowest BCUT2D eigenvalue weighted by Gasteiger charge is -2.26. The number of hydrogen-bond donors (Lipinski definition) is 0. The molecule has 1 rings (SSSR count). The van der Waals surface area contributed by atoms with Crippen LogP contribution in [0.5, 0.6) is 0 Å². The Hall–Kier alpha value is -2.22. The van der Waals surface area contributed by atoms with Crippen LogP contribution < -0.4 is 0 Å². The molecule has 1 aliphatic carbocycles. The van der Waals surface area contributed by atoms with Gasteiger partial charge in [-0.1, -0.05) is 12.8 Å². The van der Waals surface area contributed by atoms with Crippen LogP contribution in [0.3, 0.4) is 0 Å². The van der Waals surface area contributed by atoms with Crippen LogP contribution >= 0.6 is 0 Å². The molecule has 8 heteroatoms. The monoisotopic (exact) mass is 238 g/mol. The maximum Gasteiger partial charge on any atom is 0.309 e. The van der Waals surface area contributed by atoms with Crippen molar-refractivity contribution in [1.29, 1.82) is 10.5 Å². The summed E-state index contributed by atoms with van der Waals surface area (Å²) in [5, 5.41) is 39.3. The zero-order valence-electron chi connectivity index (χ0n) is 8.90. The Kier molecular flexibility index (Phi) is 3.59. The fourth-order valence-electron chi connectivity index (χ4n) is 2.50. The summed E-state index contributed by atoms with van der Waals surface area (Å²) in [6.07, 6.45) is 1.48. The Bertz CT molecular complexity index is 382. The van der Waals surface area contributed by atoms with Gasteiger partial charge in [0.2, 0.25) is 0 Å². The second kappa shape index (κ2) is 4.74. The maximum atomic E-state index is 10.8. The molecule has 0 aromatic rings. The van der Waals surface area contributed by atoms with Crippen molar-refractivity contribution < 1.29 is 9.85 Å². The van der Waals surface area contributed by atoms with Crippen molar-refractivity contribution in [3.05, 3.63) is 20.2 Å². The van der Waals surface area contributed by atoms with Crippen LogP contribution in [0, 0.1) is 48.3 Å². The lowest BCUT2D eigenvalue weighted by Crippen LogP contribution is -2.49. The second-order valence-electron chi connectivity index (χ2n) is 4.07. The molecular weight excluding hydrogens is 228 g/mol. The van der Waals surface area contributed by atoms with Crippen molar-refractivity contribution in [2.45, 2.75) is 37.8 Å². The Morgan fingerprint density at radius 2 is 1.35 bits per heavy atom. The van der Waals surface area contributed by atoms with E-state index in [0.717, 1.165) is 0 Å². The van der Waals surface area contributed by atoms with E-state index in [9.17, 15) is 20.2 Å². The van der Waals surface area contributed by atoms with Crippen molar-refractivity contribution in [2.24, 2.45) is 5.41 Å². The summed E-state index contributed by atoms with van der Waals surface area (Å²) in [6.45, 7) is 0. The molecule has 0 N–H and O–H groups in total. The smallest absolute Gasteiger partial charge is 0.263 e. The van der Waals surface area contributed by atoms with Gasteiger partial charge in [-0.25, -0.2) is 0 Å². The van der Waals surface area contributed by atoms with Gasteiger partial charge in [-0.2, -0.15) is 10.5 Å². The fourth-order valence-corrected chi connectivity index (χ4v) is 2.50. The minimum Gasteiger partial charge on any atom is -0.263 e. The molecule has 0 amide bonds. The molecule has 90 valence electrons. The topological polar surface area (TPSA) is 134 Å². The third-order valence-corrected chi connectivity index (χ3v) is 3.29. The third kappa shape index (κ3) is 2.02. The van der Waals surface area contributed by atoms with Crippen LogP contribution in [0.25, 0.3) is 0 Å². The number of nitrogens with zero attached hydrogens (tertiary/aromatic N) is 4. The van der Waals surface area contributed by atoms with E-state index in [2.05, 4.69) is 0 Å².